The van der Waals surface area contributed by atoms with Crippen LogP contribution in [-0.2, 0) is 0 Å². The quantitative estimate of drug-likeness (QED) is 0.924. The molecule has 1 fully saturated rings. The van der Waals surface area contributed by atoms with Crippen molar-refractivity contribution in [3.05, 3.63) is 59.4 Å². The predicted molar refractivity (Wildman–Crippen MR) is 96.8 cm³/mol. The van der Waals surface area contributed by atoms with E-state index in [0.29, 0.717) is 17.8 Å². The first-order chi connectivity index (χ1) is 12.1. The van der Waals surface area contributed by atoms with Gasteiger partial charge in [0.25, 0.3) is 5.91 Å². The lowest BCUT2D eigenvalue weighted by molar-refractivity contribution is 0.0933. The number of hydrogen-bond donors (Lipinski definition) is 1. The lowest BCUT2D eigenvalue weighted by Crippen LogP contribution is -2.48. The molecule has 1 saturated heterocycles. The minimum atomic E-state index is -0.215. The van der Waals surface area contributed by atoms with Gasteiger partial charge >= 0.3 is 0 Å². The Labute approximate surface area is 147 Å². The molecule has 2 aromatic carbocycles. The number of carbonyl (C=O) groups is 1. The van der Waals surface area contributed by atoms with Crippen LogP contribution in [0, 0.1) is 12.7 Å². The summed E-state index contributed by atoms with van der Waals surface area (Å²) in [7, 11) is 1.59. The minimum Gasteiger partial charge on any atom is -0.497 e. The SMILES string of the molecule is COc1ccc(C(=O)NC2CCCN(c3cc(C)ccc3F)C2)cc1. The number of rotatable bonds is 4. The summed E-state index contributed by atoms with van der Waals surface area (Å²) in [4.78, 5) is 14.5. The number of nitrogens with zero attached hydrogens (tertiary/aromatic N) is 1. The van der Waals surface area contributed by atoms with Crippen molar-refractivity contribution in [3.63, 3.8) is 0 Å². The molecule has 1 aliphatic rings. The maximum Gasteiger partial charge on any atom is 0.251 e. The van der Waals surface area contributed by atoms with Crippen LogP contribution in [0.2, 0.25) is 0 Å². The van der Waals surface area contributed by atoms with Crippen LogP contribution in [0.3, 0.4) is 0 Å². The highest BCUT2D eigenvalue weighted by molar-refractivity contribution is 5.94. The summed E-state index contributed by atoms with van der Waals surface area (Å²) >= 11 is 0. The van der Waals surface area contributed by atoms with Crippen LogP contribution >= 0.6 is 0 Å². The van der Waals surface area contributed by atoms with E-state index in [0.717, 1.165) is 30.7 Å². The maximum atomic E-state index is 14.1. The van der Waals surface area contributed by atoms with Crippen molar-refractivity contribution < 1.29 is 13.9 Å². The van der Waals surface area contributed by atoms with Gasteiger partial charge in [0.15, 0.2) is 0 Å². The normalized spacial score (nSPS) is 17.2. The zero-order valence-corrected chi connectivity index (χ0v) is 14.6. The number of ether oxygens (including phenoxy) is 1. The second-order valence-corrected chi connectivity index (χ2v) is 6.44. The molecule has 1 N–H and O–H groups in total. The van der Waals surface area contributed by atoms with Gasteiger partial charge in [-0.2, -0.15) is 0 Å². The van der Waals surface area contributed by atoms with Crippen LogP contribution in [-0.4, -0.2) is 32.1 Å². The van der Waals surface area contributed by atoms with Crippen LogP contribution in [0.25, 0.3) is 0 Å². The molecule has 1 heterocycles. The smallest absolute Gasteiger partial charge is 0.251 e. The molecule has 0 saturated carbocycles. The summed E-state index contributed by atoms with van der Waals surface area (Å²) in [6, 6.07) is 12.2. The number of hydrogen-bond acceptors (Lipinski definition) is 3. The standard InChI is InChI=1S/C20H23FN2O2/c1-14-5-10-18(21)19(12-14)23-11-3-4-16(13-23)22-20(24)15-6-8-17(25-2)9-7-15/h5-10,12,16H,3-4,11,13H2,1-2H3,(H,22,24). The number of anilines is 1. The van der Waals surface area contributed by atoms with Crippen molar-refractivity contribution >= 4 is 11.6 Å². The number of methoxy groups -OCH3 is 1. The monoisotopic (exact) mass is 342 g/mol. The average Bonchev–Trinajstić information content (AvgIpc) is 2.64. The van der Waals surface area contributed by atoms with Gasteiger partial charge in [0.1, 0.15) is 11.6 Å². The van der Waals surface area contributed by atoms with Gasteiger partial charge in [-0.3, -0.25) is 4.79 Å². The Kier molecular flexibility index (Phi) is 5.22. The maximum absolute atomic E-state index is 14.1. The van der Waals surface area contributed by atoms with Crippen molar-refractivity contribution in [2.24, 2.45) is 0 Å². The van der Waals surface area contributed by atoms with Crippen LogP contribution in [0.5, 0.6) is 5.75 Å². The molecule has 0 aliphatic carbocycles. The molecule has 4 nitrogen and oxygen atoms in total. The fourth-order valence-electron chi connectivity index (χ4n) is 3.19. The lowest BCUT2D eigenvalue weighted by atomic mass is 10.0. The highest BCUT2D eigenvalue weighted by Crippen LogP contribution is 2.24. The Morgan fingerprint density at radius 2 is 2.00 bits per heavy atom. The van der Waals surface area contributed by atoms with Gasteiger partial charge in [0.2, 0.25) is 0 Å². The van der Waals surface area contributed by atoms with Gasteiger partial charge < -0.3 is 15.0 Å². The Balaban J connectivity index is 1.66. The number of halogens is 1. The lowest BCUT2D eigenvalue weighted by Gasteiger charge is -2.35. The number of piperidine rings is 1. The molecule has 1 amide bonds. The first kappa shape index (κ1) is 17.3. The molecule has 3 rings (SSSR count). The van der Waals surface area contributed by atoms with Gasteiger partial charge in [0, 0.05) is 24.7 Å². The van der Waals surface area contributed by atoms with Crippen molar-refractivity contribution in [2.45, 2.75) is 25.8 Å². The first-order valence-corrected chi connectivity index (χ1v) is 8.53. The van der Waals surface area contributed by atoms with Crippen LogP contribution in [0.4, 0.5) is 10.1 Å². The molecule has 25 heavy (non-hydrogen) atoms. The Bertz CT molecular complexity index is 746. The van der Waals surface area contributed by atoms with E-state index in [9.17, 15) is 9.18 Å². The predicted octanol–water partition coefficient (Wildman–Crippen LogP) is 3.54. The van der Waals surface area contributed by atoms with E-state index in [4.69, 9.17) is 4.74 Å². The van der Waals surface area contributed by atoms with Crippen LogP contribution < -0.4 is 15.0 Å². The largest absolute Gasteiger partial charge is 0.497 e. The van der Waals surface area contributed by atoms with E-state index in [-0.39, 0.29) is 17.8 Å². The van der Waals surface area contributed by atoms with Crippen LogP contribution in [0.15, 0.2) is 42.5 Å². The summed E-state index contributed by atoms with van der Waals surface area (Å²) < 4.78 is 19.2. The molecular weight excluding hydrogens is 319 g/mol. The Hall–Kier alpha value is -2.56. The number of amides is 1. The molecule has 132 valence electrons. The second-order valence-electron chi connectivity index (χ2n) is 6.44. The fourth-order valence-corrected chi connectivity index (χ4v) is 3.19. The van der Waals surface area contributed by atoms with E-state index in [1.54, 1.807) is 37.4 Å². The molecular formula is C20H23FN2O2. The molecule has 1 aliphatic heterocycles. The number of carbonyl (C=O) groups excluding carboxylic acids is 1. The third kappa shape index (κ3) is 4.10. The van der Waals surface area contributed by atoms with E-state index >= 15 is 0 Å². The van der Waals surface area contributed by atoms with Crippen LogP contribution in [0.1, 0.15) is 28.8 Å². The van der Waals surface area contributed by atoms with E-state index in [2.05, 4.69) is 5.32 Å². The van der Waals surface area contributed by atoms with Crippen molar-refractivity contribution in [3.8, 4) is 5.75 Å². The first-order valence-electron chi connectivity index (χ1n) is 8.53. The molecule has 1 atom stereocenters. The number of aryl methyl sites for hydroxylation is 1. The van der Waals surface area contributed by atoms with Crippen molar-refractivity contribution in [2.75, 3.05) is 25.1 Å². The summed E-state index contributed by atoms with van der Waals surface area (Å²) in [5, 5.41) is 3.06. The summed E-state index contributed by atoms with van der Waals surface area (Å²) in [5.41, 5.74) is 2.24. The third-order valence-electron chi connectivity index (χ3n) is 4.55. The zero-order chi connectivity index (χ0) is 17.8. The molecule has 5 heteroatoms. The number of benzene rings is 2. The number of nitrogens with one attached hydrogen (secondary N) is 1. The van der Waals surface area contributed by atoms with Gasteiger partial charge in [-0.1, -0.05) is 6.07 Å². The van der Waals surface area contributed by atoms with Gasteiger partial charge in [0.05, 0.1) is 12.8 Å². The van der Waals surface area contributed by atoms with Crippen molar-refractivity contribution in [1.82, 2.24) is 5.32 Å². The fraction of sp³-hybridized carbons (Fsp3) is 0.350. The van der Waals surface area contributed by atoms with Gasteiger partial charge in [-0.25, -0.2) is 4.39 Å². The molecule has 1 unspecified atom stereocenters. The molecule has 0 bridgehead atoms. The third-order valence-corrected chi connectivity index (χ3v) is 4.55. The molecule has 0 spiro atoms. The Morgan fingerprint density at radius 1 is 1.24 bits per heavy atom. The molecule has 2 aromatic rings. The average molecular weight is 342 g/mol. The molecule has 0 aromatic heterocycles. The second kappa shape index (κ2) is 7.55. The summed E-state index contributed by atoms with van der Waals surface area (Å²) in [6.45, 7) is 3.37. The molecule has 0 radical (unpaired) electrons. The topological polar surface area (TPSA) is 41.6 Å². The summed E-state index contributed by atoms with van der Waals surface area (Å²) in [6.07, 6.45) is 1.81. The minimum absolute atomic E-state index is 0.00302. The van der Waals surface area contributed by atoms with E-state index < -0.39 is 0 Å². The van der Waals surface area contributed by atoms with E-state index in [1.807, 2.05) is 17.9 Å². The summed E-state index contributed by atoms with van der Waals surface area (Å²) in [5.74, 6) is 0.391. The van der Waals surface area contributed by atoms with Gasteiger partial charge in [-0.15, -0.1) is 0 Å². The highest BCUT2D eigenvalue weighted by Gasteiger charge is 2.23. The highest BCUT2D eigenvalue weighted by atomic mass is 19.1. The Morgan fingerprint density at radius 3 is 2.72 bits per heavy atom. The van der Waals surface area contributed by atoms with Gasteiger partial charge in [-0.05, 0) is 61.7 Å². The zero-order valence-electron chi connectivity index (χ0n) is 14.6. The van der Waals surface area contributed by atoms with E-state index in [1.165, 1.54) is 6.07 Å². The van der Waals surface area contributed by atoms with Crippen molar-refractivity contribution in [1.29, 1.82) is 0 Å².